The number of aromatic nitrogens is 1. The molecule has 1 N–H and O–H groups in total. The summed E-state index contributed by atoms with van der Waals surface area (Å²) in [6.45, 7) is 7.73. The van der Waals surface area contributed by atoms with Crippen molar-refractivity contribution in [3.05, 3.63) is 76.6 Å². The molecule has 1 aliphatic rings. The van der Waals surface area contributed by atoms with Gasteiger partial charge in [0, 0.05) is 37.8 Å². The summed E-state index contributed by atoms with van der Waals surface area (Å²) in [5, 5.41) is 3.26. The van der Waals surface area contributed by atoms with Crippen molar-refractivity contribution in [3.8, 4) is 0 Å². The number of Topliss-reactive ketones (excluding diaryl/α,β-unsaturated/α-hetero) is 2. The Morgan fingerprint density at radius 1 is 1.29 bits per heavy atom. The first-order valence-electron chi connectivity index (χ1n) is 11.0. The van der Waals surface area contributed by atoms with Crippen LogP contribution in [0.4, 0.5) is 5.69 Å². The average Bonchev–Trinajstić information content (AvgIpc) is 3.06. The predicted molar refractivity (Wildman–Crippen MR) is 136 cm³/mol. The third-order valence-electron chi connectivity index (χ3n) is 6.02. The zero-order chi connectivity index (χ0) is 25.0. The SMILES string of the molecule is [B]c1cccc(C(=O)NCCC2CC(=O)C(c3c(C)cc(N(C)/C=C(/Cl)C=C)cc3C)C2=O)n1. The van der Waals surface area contributed by atoms with Crippen LogP contribution in [-0.2, 0) is 9.59 Å². The van der Waals surface area contributed by atoms with Gasteiger partial charge in [-0.3, -0.25) is 19.4 Å². The highest BCUT2D eigenvalue weighted by Gasteiger charge is 2.42. The summed E-state index contributed by atoms with van der Waals surface area (Å²) < 4.78 is 0. The standard InChI is InChI=1S/C26H27BClN3O3/c1-5-18(28)14-31(4)19-11-15(2)23(16(3)12-19)24-21(32)13-17(25(24)33)9-10-29-26(34)20-7-6-8-22(27)30-20/h5-8,11-12,14,17,24H,1,9-10,13H2,2-4H3,(H,29,34)/b18-14+. The number of ketones is 2. The van der Waals surface area contributed by atoms with Crippen molar-refractivity contribution < 1.29 is 14.4 Å². The minimum atomic E-state index is -0.775. The van der Waals surface area contributed by atoms with Crippen LogP contribution < -0.4 is 15.8 Å². The molecule has 3 rings (SSSR count). The molecule has 0 aliphatic heterocycles. The molecule has 2 aromatic rings. The molecule has 8 heteroatoms. The van der Waals surface area contributed by atoms with Gasteiger partial charge in [0.05, 0.1) is 5.03 Å². The molecule has 34 heavy (non-hydrogen) atoms. The number of halogens is 1. The lowest BCUT2D eigenvalue weighted by atomic mass is 9.86. The highest BCUT2D eigenvalue weighted by atomic mass is 35.5. The van der Waals surface area contributed by atoms with Gasteiger partial charge in [-0.15, -0.1) is 0 Å². The maximum Gasteiger partial charge on any atom is 0.269 e. The smallest absolute Gasteiger partial charge is 0.269 e. The fraction of sp³-hybridized carbons (Fsp3) is 0.308. The van der Waals surface area contributed by atoms with E-state index >= 15 is 0 Å². The number of anilines is 1. The van der Waals surface area contributed by atoms with Gasteiger partial charge in [-0.2, -0.15) is 0 Å². The van der Waals surface area contributed by atoms with Crippen LogP contribution in [0, 0.1) is 19.8 Å². The number of carbonyl (C=O) groups excluding carboxylic acids is 3. The molecular formula is C26H27BClN3O3. The van der Waals surface area contributed by atoms with Crippen LogP contribution in [-0.4, -0.2) is 43.9 Å². The van der Waals surface area contributed by atoms with Gasteiger partial charge >= 0.3 is 0 Å². The molecule has 6 nitrogen and oxygen atoms in total. The first-order valence-corrected chi connectivity index (χ1v) is 11.4. The Balaban J connectivity index is 1.70. The van der Waals surface area contributed by atoms with Gasteiger partial charge in [-0.25, -0.2) is 0 Å². The van der Waals surface area contributed by atoms with E-state index in [4.69, 9.17) is 19.4 Å². The molecule has 1 amide bonds. The predicted octanol–water partition coefficient (Wildman–Crippen LogP) is 3.26. The molecule has 1 saturated carbocycles. The molecule has 2 radical (unpaired) electrons. The molecule has 2 atom stereocenters. The second kappa shape index (κ2) is 10.8. The summed E-state index contributed by atoms with van der Waals surface area (Å²) in [4.78, 5) is 44.2. The lowest BCUT2D eigenvalue weighted by molar-refractivity contribution is -0.124. The van der Waals surface area contributed by atoms with Crippen LogP contribution in [0.3, 0.4) is 0 Å². The largest absolute Gasteiger partial charge is 0.351 e. The van der Waals surface area contributed by atoms with Crippen molar-refractivity contribution in [2.24, 2.45) is 5.92 Å². The summed E-state index contributed by atoms with van der Waals surface area (Å²) in [7, 11) is 7.49. The summed E-state index contributed by atoms with van der Waals surface area (Å²) in [6, 6.07) is 8.71. The molecule has 2 unspecified atom stereocenters. The van der Waals surface area contributed by atoms with E-state index in [0.29, 0.717) is 11.5 Å². The van der Waals surface area contributed by atoms with Gasteiger partial charge in [-0.05, 0) is 66.8 Å². The minimum absolute atomic E-state index is 0.0827. The highest BCUT2D eigenvalue weighted by Crippen LogP contribution is 2.38. The van der Waals surface area contributed by atoms with Crippen molar-refractivity contribution in [2.45, 2.75) is 32.6 Å². The van der Waals surface area contributed by atoms with E-state index in [-0.39, 0.29) is 41.7 Å². The number of nitrogens with one attached hydrogen (secondary N) is 1. The maximum absolute atomic E-state index is 13.2. The van der Waals surface area contributed by atoms with Crippen molar-refractivity contribution >= 4 is 48.2 Å². The Bertz CT molecular complexity index is 1150. The van der Waals surface area contributed by atoms with Gasteiger partial charge in [0.2, 0.25) is 0 Å². The number of aryl methyl sites for hydroxylation is 2. The maximum atomic E-state index is 13.2. The molecule has 1 aromatic heterocycles. The normalized spacial score (nSPS) is 18.2. The number of carbonyl (C=O) groups is 3. The van der Waals surface area contributed by atoms with Gasteiger partial charge < -0.3 is 10.2 Å². The third-order valence-corrected chi connectivity index (χ3v) is 6.28. The molecule has 0 spiro atoms. The van der Waals surface area contributed by atoms with Crippen LogP contribution in [0.1, 0.15) is 45.9 Å². The van der Waals surface area contributed by atoms with Crippen molar-refractivity contribution in [2.75, 3.05) is 18.5 Å². The molecule has 0 saturated heterocycles. The first kappa shape index (κ1) is 25.4. The molecule has 1 aromatic carbocycles. The minimum Gasteiger partial charge on any atom is -0.351 e. The zero-order valence-corrected chi connectivity index (χ0v) is 20.4. The molecule has 1 aliphatic carbocycles. The zero-order valence-electron chi connectivity index (χ0n) is 19.6. The topological polar surface area (TPSA) is 79.4 Å². The quantitative estimate of drug-likeness (QED) is 0.360. The van der Waals surface area contributed by atoms with Crippen LogP contribution in [0.15, 0.2) is 54.2 Å². The van der Waals surface area contributed by atoms with E-state index in [1.807, 2.05) is 37.9 Å². The summed E-state index contributed by atoms with van der Waals surface area (Å²) in [5.74, 6) is -1.74. The first-order chi connectivity index (χ1) is 16.1. The Kier molecular flexibility index (Phi) is 8.10. The molecule has 1 heterocycles. The second-order valence-corrected chi connectivity index (χ2v) is 8.95. The molecule has 1 fully saturated rings. The fourth-order valence-corrected chi connectivity index (χ4v) is 4.50. The number of allylic oxidation sites excluding steroid dienone is 2. The number of pyridine rings is 1. The van der Waals surface area contributed by atoms with Gasteiger partial charge in [0.25, 0.3) is 5.91 Å². The molecule has 0 bridgehead atoms. The van der Waals surface area contributed by atoms with Crippen molar-refractivity contribution in [1.82, 2.24) is 10.3 Å². The van der Waals surface area contributed by atoms with E-state index in [9.17, 15) is 14.4 Å². The average molecular weight is 476 g/mol. The van der Waals surface area contributed by atoms with Gasteiger partial charge in [-0.1, -0.05) is 30.3 Å². The van der Waals surface area contributed by atoms with Crippen LogP contribution in [0.25, 0.3) is 0 Å². The molecular weight excluding hydrogens is 449 g/mol. The van der Waals surface area contributed by atoms with Crippen molar-refractivity contribution in [1.29, 1.82) is 0 Å². The monoisotopic (exact) mass is 475 g/mol. The van der Waals surface area contributed by atoms with Crippen LogP contribution in [0.5, 0.6) is 0 Å². The van der Waals surface area contributed by atoms with Gasteiger partial charge in [0.15, 0.2) is 5.78 Å². The third kappa shape index (κ3) is 5.65. The number of benzene rings is 1. The Hall–Kier alpha value is -3.19. The lowest BCUT2D eigenvalue weighted by Crippen LogP contribution is -2.29. The number of hydrogen-bond donors (Lipinski definition) is 1. The number of nitrogens with zero attached hydrogens (tertiary/aromatic N) is 2. The summed E-state index contributed by atoms with van der Waals surface area (Å²) in [6.07, 6.45) is 3.86. The summed E-state index contributed by atoms with van der Waals surface area (Å²) >= 11 is 6.06. The van der Waals surface area contributed by atoms with Crippen molar-refractivity contribution in [3.63, 3.8) is 0 Å². The number of amides is 1. The Morgan fingerprint density at radius 3 is 2.59 bits per heavy atom. The van der Waals surface area contributed by atoms with E-state index < -0.39 is 11.8 Å². The number of rotatable bonds is 8. The Morgan fingerprint density at radius 2 is 1.97 bits per heavy atom. The van der Waals surface area contributed by atoms with E-state index in [2.05, 4.69) is 16.9 Å². The van der Waals surface area contributed by atoms with Crippen LogP contribution >= 0.6 is 11.6 Å². The number of hydrogen-bond acceptors (Lipinski definition) is 5. The molecule has 174 valence electrons. The highest BCUT2D eigenvalue weighted by molar-refractivity contribution is 6.31. The van der Waals surface area contributed by atoms with E-state index in [1.54, 1.807) is 30.5 Å². The van der Waals surface area contributed by atoms with Gasteiger partial charge in [0.1, 0.15) is 25.2 Å². The second-order valence-electron chi connectivity index (χ2n) is 8.52. The van der Waals surface area contributed by atoms with E-state index in [0.717, 1.165) is 22.4 Å². The lowest BCUT2D eigenvalue weighted by Gasteiger charge is -2.21. The fourth-order valence-electron chi connectivity index (χ4n) is 4.35. The summed E-state index contributed by atoms with van der Waals surface area (Å²) in [5.41, 5.74) is 3.88. The Labute approximate surface area is 206 Å². The van der Waals surface area contributed by atoms with E-state index in [1.165, 1.54) is 0 Å². The van der Waals surface area contributed by atoms with Crippen LogP contribution in [0.2, 0.25) is 0 Å².